The molecule has 0 aliphatic heterocycles. The minimum absolute atomic E-state index is 0.319. The zero-order chi connectivity index (χ0) is 12.3. The SMILES string of the molecule is COc1c(C(NC=O)C(=O)O)c(C)nn1C. The number of carboxylic acids is 1. The fraction of sp³-hybridized carbons (Fsp3) is 0.444. The highest BCUT2D eigenvalue weighted by molar-refractivity contribution is 5.79. The summed E-state index contributed by atoms with van der Waals surface area (Å²) in [6.45, 7) is 1.65. The number of aromatic nitrogens is 2. The van der Waals surface area contributed by atoms with Crippen LogP contribution in [-0.4, -0.2) is 34.4 Å². The second-order valence-electron chi connectivity index (χ2n) is 3.19. The number of nitrogens with one attached hydrogen (secondary N) is 1. The van der Waals surface area contributed by atoms with Crippen molar-refractivity contribution in [1.82, 2.24) is 15.1 Å². The molecule has 0 radical (unpaired) electrons. The van der Waals surface area contributed by atoms with E-state index in [9.17, 15) is 9.59 Å². The number of carbonyl (C=O) groups is 2. The summed E-state index contributed by atoms with van der Waals surface area (Å²) in [6.07, 6.45) is 0.338. The zero-order valence-electron chi connectivity index (χ0n) is 9.22. The molecular formula is C9H13N3O4. The number of rotatable bonds is 5. The Morgan fingerprint density at radius 2 is 2.31 bits per heavy atom. The molecule has 1 rings (SSSR count). The van der Waals surface area contributed by atoms with Crippen LogP contribution in [0, 0.1) is 6.92 Å². The number of nitrogens with zero attached hydrogens (tertiary/aromatic N) is 2. The average Bonchev–Trinajstić information content (AvgIpc) is 2.49. The van der Waals surface area contributed by atoms with Crippen LogP contribution in [0.1, 0.15) is 17.3 Å². The summed E-state index contributed by atoms with van der Waals surface area (Å²) in [5, 5.41) is 15.3. The van der Waals surface area contributed by atoms with Gasteiger partial charge in [0.25, 0.3) is 0 Å². The number of aliphatic carboxylic acids is 1. The number of carbonyl (C=O) groups excluding carboxylic acids is 1. The van der Waals surface area contributed by atoms with Gasteiger partial charge in [-0.1, -0.05) is 0 Å². The number of aryl methyl sites for hydroxylation is 2. The summed E-state index contributed by atoms with van der Waals surface area (Å²) in [7, 11) is 3.05. The van der Waals surface area contributed by atoms with Crippen LogP contribution in [0.3, 0.4) is 0 Å². The highest BCUT2D eigenvalue weighted by Crippen LogP contribution is 2.27. The van der Waals surface area contributed by atoms with Crippen molar-refractivity contribution in [3.05, 3.63) is 11.3 Å². The normalized spacial score (nSPS) is 11.9. The van der Waals surface area contributed by atoms with Gasteiger partial charge in [-0.15, -0.1) is 0 Å². The first kappa shape index (κ1) is 12.0. The Hall–Kier alpha value is -2.05. The topological polar surface area (TPSA) is 93.4 Å². The Morgan fingerprint density at radius 1 is 1.69 bits per heavy atom. The van der Waals surface area contributed by atoms with Crippen LogP contribution in [0.25, 0.3) is 0 Å². The van der Waals surface area contributed by atoms with Crippen molar-refractivity contribution in [1.29, 1.82) is 0 Å². The van der Waals surface area contributed by atoms with Crippen molar-refractivity contribution in [3.8, 4) is 5.88 Å². The number of carboxylic acid groups (broad SMARTS) is 1. The van der Waals surface area contributed by atoms with Crippen LogP contribution in [0.2, 0.25) is 0 Å². The Morgan fingerprint density at radius 3 is 2.75 bits per heavy atom. The van der Waals surface area contributed by atoms with E-state index in [4.69, 9.17) is 9.84 Å². The molecule has 1 unspecified atom stereocenters. The lowest BCUT2D eigenvalue weighted by Crippen LogP contribution is -2.28. The van der Waals surface area contributed by atoms with E-state index in [0.29, 0.717) is 23.5 Å². The van der Waals surface area contributed by atoms with Gasteiger partial charge in [-0.05, 0) is 6.92 Å². The molecule has 88 valence electrons. The lowest BCUT2D eigenvalue weighted by atomic mass is 10.1. The first-order valence-corrected chi connectivity index (χ1v) is 4.52. The van der Waals surface area contributed by atoms with E-state index >= 15 is 0 Å². The van der Waals surface area contributed by atoms with E-state index in [1.807, 2.05) is 0 Å². The molecule has 0 saturated carbocycles. The van der Waals surface area contributed by atoms with Crippen molar-refractivity contribution < 1.29 is 19.4 Å². The third kappa shape index (κ3) is 1.97. The minimum atomic E-state index is -1.17. The zero-order valence-corrected chi connectivity index (χ0v) is 9.22. The van der Waals surface area contributed by atoms with Gasteiger partial charge in [0, 0.05) is 7.05 Å². The molecule has 1 aromatic heterocycles. The molecule has 0 fully saturated rings. The van der Waals surface area contributed by atoms with Crippen LogP contribution in [-0.2, 0) is 16.6 Å². The van der Waals surface area contributed by atoms with Gasteiger partial charge in [-0.3, -0.25) is 4.79 Å². The van der Waals surface area contributed by atoms with Gasteiger partial charge in [-0.2, -0.15) is 5.10 Å². The Kier molecular flexibility index (Phi) is 3.49. The van der Waals surface area contributed by atoms with E-state index in [2.05, 4.69) is 10.4 Å². The minimum Gasteiger partial charge on any atom is -0.481 e. The van der Waals surface area contributed by atoms with Gasteiger partial charge in [0.05, 0.1) is 18.4 Å². The van der Waals surface area contributed by atoms with Gasteiger partial charge >= 0.3 is 5.97 Å². The average molecular weight is 227 g/mol. The predicted octanol–water partition coefficient (Wildman–Crippen LogP) is -0.391. The number of hydrogen-bond donors (Lipinski definition) is 2. The smallest absolute Gasteiger partial charge is 0.331 e. The largest absolute Gasteiger partial charge is 0.481 e. The van der Waals surface area contributed by atoms with Gasteiger partial charge in [0.2, 0.25) is 12.3 Å². The number of ether oxygens (including phenoxy) is 1. The molecule has 7 heteroatoms. The van der Waals surface area contributed by atoms with E-state index in [1.165, 1.54) is 11.8 Å². The summed E-state index contributed by atoms with van der Waals surface area (Å²) >= 11 is 0. The summed E-state index contributed by atoms with van der Waals surface area (Å²) in [5.74, 6) is -0.847. The Balaban J connectivity index is 3.27. The van der Waals surface area contributed by atoms with E-state index in [0.717, 1.165) is 0 Å². The highest BCUT2D eigenvalue weighted by atomic mass is 16.5. The monoisotopic (exact) mass is 227 g/mol. The quantitative estimate of drug-likeness (QED) is 0.668. The standard InChI is InChI=1S/C9H13N3O4/c1-5-6(7(9(14)15)10-4-13)8(16-3)12(2)11-5/h4,7H,1-3H3,(H,10,13)(H,14,15). The van der Waals surface area contributed by atoms with Crippen LogP contribution in [0.15, 0.2) is 0 Å². The third-order valence-corrected chi connectivity index (χ3v) is 2.18. The van der Waals surface area contributed by atoms with E-state index in [-0.39, 0.29) is 0 Å². The molecule has 1 amide bonds. The van der Waals surface area contributed by atoms with Crippen molar-refractivity contribution >= 4 is 12.4 Å². The lowest BCUT2D eigenvalue weighted by molar-refractivity contribution is -0.140. The fourth-order valence-corrected chi connectivity index (χ4v) is 1.57. The molecule has 7 nitrogen and oxygen atoms in total. The maximum Gasteiger partial charge on any atom is 0.331 e. The molecule has 0 bridgehead atoms. The molecule has 1 aromatic rings. The van der Waals surface area contributed by atoms with Gasteiger partial charge in [0.15, 0.2) is 6.04 Å². The summed E-state index contributed by atoms with van der Waals surface area (Å²) in [6, 6.07) is -1.15. The number of methoxy groups -OCH3 is 1. The molecule has 0 spiro atoms. The van der Waals surface area contributed by atoms with Crippen LogP contribution >= 0.6 is 0 Å². The number of amides is 1. The van der Waals surface area contributed by atoms with Crippen molar-refractivity contribution in [2.24, 2.45) is 7.05 Å². The second kappa shape index (κ2) is 4.65. The van der Waals surface area contributed by atoms with Crippen LogP contribution < -0.4 is 10.1 Å². The molecule has 0 aromatic carbocycles. The third-order valence-electron chi connectivity index (χ3n) is 2.18. The molecule has 0 saturated heterocycles. The van der Waals surface area contributed by atoms with E-state index < -0.39 is 12.0 Å². The summed E-state index contributed by atoms with van der Waals surface area (Å²) < 4.78 is 6.48. The molecular weight excluding hydrogens is 214 g/mol. The van der Waals surface area contributed by atoms with Crippen LogP contribution in [0.5, 0.6) is 5.88 Å². The Bertz CT molecular complexity index is 413. The fourth-order valence-electron chi connectivity index (χ4n) is 1.57. The molecule has 0 aliphatic rings. The first-order chi connectivity index (χ1) is 7.52. The van der Waals surface area contributed by atoms with E-state index in [1.54, 1.807) is 14.0 Å². The summed E-state index contributed by atoms with van der Waals surface area (Å²) in [5.41, 5.74) is 0.853. The molecule has 0 aliphatic carbocycles. The second-order valence-corrected chi connectivity index (χ2v) is 3.19. The van der Waals surface area contributed by atoms with Gasteiger partial charge in [-0.25, -0.2) is 9.48 Å². The molecule has 1 heterocycles. The molecule has 1 atom stereocenters. The van der Waals surface area contributed by atoms with Crippen LogP contribution in [0.4, 0.5) is 0 Å². The maximum atomic E-state index is 11.0. The molecule has 2 N–H and O–H groups in total. The Labute approximate surface area is 92.0 Å². The number of hydrogen-bond acceptors (Lipinski definition) is 4. The van der Waals surface area contributed by atoms with Crippen molar-refractivity contribution in [2.45, 2.75) is 13.0 Å². The first-order valence-electron chi connectivity index (χ1n) is 4.52. The summed E-state index contributed by atoms with van der Waals surface area (Å²) in [4.78, 5) is 21.4. The van der Waals surface area contributed by atoms with Gasteiger partial charge < -0.3 is 15.2 Å². The molecule has 16 heavy (non-hydrogen) atoms. The predicted molar refractivity (Wildman–Crippen MR) is 54.1 cm³/mol. The van der Waals surface area contributed by atoms with Crippen molar-refractivity contribution in [3.63, 3.8) is 0 Å². The highest BCUT2D eigenvalue weighted by Gasteiger charge is 2.28. The maximum absolute atomic E-state index is 11.0. The lowest BCUT2D eigenvalue weighted by Gasteiger charge is -2.12. The van der Waals surface area contributed by atoms with Gasteiger partial charge in [0.1, 0.15) is 0 Å². The van der Waals surface area contributed by atoms with Crippen molar-refractivity contribution in [2.75, 3.05) is 7.11 Å².